The Morgan fingerprint density at radius 1 is 1.04 bits per heavy atom. The number of hydrogen-bond acceptors (Lipinski definition) is 4. The van der Waals surface area contributed by atoms with Crippen LogP contribution >= 0.6 is 23.2 Å². The standard InChI is InChI=1S/C18H15Cl2N3O2/c19-13-2-3-14(15(20)6-13)18-12(9-22-23-18)8-21-7-11-1-4-16-17(5-11)25-10-24-16/h1-6,9,21H,7-8,10H2,(H,22,23). The Morgan fingerprint density at radius 3 is 2.80 bits per heavy atom. The maximum atomic E-state index is 6.30. The molecule has 4 rings (SSSR count). The van der Waals surface area contributed by atoms with Gasteiger partial charge in [-0.1, -0.05) is 29.3 Å². The summed E-state index contributed by atoms with van der Waals surface area (Å²) in [6.07, 6.45) is 1.80. The van der Waals surface area contributed by atoms with E-state index in [2.05, 4.69) is 15.5 Å². The molecule has 7 heteroatoms. The van der Waals surface area contributed by atoms with Crippen LogP contribution in [0.5, 0.6) is 11.5 Å². The van der Waals surface area contributed by atoms with Gasteiger partial charge in [-0.05, 0) is 35.9 Å². The molecule has 0 saturated heterocycles. The van der Waals surface area contributed by atoms with Crippen molar-refractivity contribution in [1.29, 1.82) is 0 Å². The largest absolute Gasteiger partial charge is 0.454 e. The highest BCUT2D eigenvalue weighted by molar-refractivity contribution is 6.36. The fourth-order valence-corrected chi connectivity index (χ4v) is 3.27. The molecule has 1 aliphatic rings. The minimum atomic E-state index is 0.284. The van der Waals surface area contributed by atoms with E-state index >= 15 is 0 Å². The summed E-state index contributed by atoms with van der Waals surface area (Å²) in [5, 5.41) is 11.8. The Labute approximate surface area is 154 Å². The quantitative estimate of drug-likeness (QED) is 0.693. The van der Waals surface area contributed by atoms with Crippen molar-refractivity contribution in [2.45, 2.75) is 13.1 Å². The highest BCUT2D eigenvalue weighted by Crippen LogP contribution is 2.33. The molecule has 2 N–H and O–H groups in total. The predicted octanol–water partition coefficient (Wildman–Crippen LogP) is 4.40. The lowest BCUT2D eigenvalue weighted by molar-refractivity contribution is 0.174. The molecule has 0 saturated carbocycles. The number of nitrogens with one attached hydrogen (secondary N) is 2. The molecule has 3 aromatic rings. The third-order valence-electron chi connectivity index (χ3n) is 4.00. The van der Waals surface area contributed by atoms with Gasteiger partial charge in [0.05, 0.1) is 16.9 Å². The van der Waals surface area contributed by atoms with Crippen molar-refractivity contribution < 1.29 is 9.47 Å². The molecule has 0 amide bonds. The van der Waals surface area contributed by atoms with Gasteiger partial charge >= 0.3 is 0 Å². The highest BCUT2D eigenvalue weighted by Gasteiger charge is 2.14. The first kappa shape index (κ1) is 16.3. The van der Waals surface area contributed by atoms with Crippen molar-refractivity contribution in [3.63, 3.8) is 0 Å². The van der Waals surface area contributed by atoms with E-state index in [0.717, 1.165) is 33.9 Å². The maximum absolute atomic E-state index is 6.30. The van der Waals surface area contributed by atoms with Crippen molar-refractivity contribution in [1.82, 2.24) is 15.5 Å². The molecule has 128 valence electrons. The summed E-state index contributed by atoms with van der Waals surface area (Å²) in [4.78, 5) is 0. The maximum Gasteiger partial charge on any atom is 0.231 e. The minimum absolute atomic E-state index is 0.284. The van der Waals surface area contributed by atoms with Gasteiger partial charge in [-0.15, -0.1) is 0 Å². The van der Waals surface area contributed by atoms with Crippen LogP contribution in [0.3, 0.4) is 0 Å². The molecule has 2 heterocycles. The van der Waals surface area contributed by atoms with Crippen molar-refractivity contribution >= 4 is 23.2 Å². The molecule has 5 nitrogen and oxygen atoms in total. The number of aromatic amines is 1. The normalized spacial score (nSPS) is 12.6. The number of benzene rings is 2. The van der Waals surface area contributed by atoms with Crippen molar-refractivity contribution in [3.05, 3.63) is 63.8 Å². The van der Waals surface area contributed by atoms with Crippen LogP contribution < -0.4 is 14.8 Å². The van der Waals surface area contributed by atoms with E-state index in [1.807, 2.05) is 30.3 Å². The van der Waals surface area contributed by atoms with Gasteiger partial charge in [0.25, 0.3) is 0 Å². The fourth-order valence-electron chi connectivity index (χ4n) is 2.76. The Morgan fingerprint density at radius 2 is 1.92 bits per heavy atom. The second-order valence-electron chi connectivity index (χ2n) is 5.69. The zero-order valence-electron chi connectivity index (χ0n) is 13.2. The van der Waals surface area contributed by atoms with Gasteiger partial charge in [-0.3, -0.25) is 5.10 Å². The Bertz CT molecular complexity index is 911. The number of hydrogen-bond donors (Lipinski definition) is 2. The number of fused-ring (bicyclic) bond motifs is 1. The van der Waals surface area contributed by atoms with E-state index < -0.39 is 0 Å². The number of nitrogens with zero attached hydrogens (tertiary/aromatic N) is 1. The Hall–Kier alpha value is -2.21. The van der Waals surface area contributed by atoms with Gasteiger partial charge < -0.3 is 14.8 Å². The van der Waals surface area contributed by atoms with Crippen molar-refractivity contribution in [2.75, 3.05) is 6.79 Å². The number of H-pyrrole nitrogens is 1. The average Bonchev–Trinajstić information content (AvgIpc) is 3.23. The van der Waals surface area contributed by atoms with Crippen LogP contribution in [0.4, 0.5) is 0 Å². The van der Waals surface area contributed by atoms with E-state index in [-0.39, 0.29) is 6.79 Å². The van der Waals surface area contributed by atoms with E-state index in [1.165, 1.54) is 0 Å². The molecule has 0 bridgehead atoms. The van der Waals surface area contributed by atoms with Crippen molar-refractivity contribution in [3.8, 4) is 22.8 Å². The van der Waals surface area contributed by atoms with Gasteiger partial charge in [0, 0.05) is 29.2 Å². The highest BCUT2D eigenvalue weighted by atomic mass is 35.5. The second kappa shape index (κ2) is 6.96. The van der Waals surface area contributed by atoms with Gasteiger partial charge in [-0.25, -0.2) is 0 Å². The van der Waals surface area contributed by atoms with Crippen molar-refractivity contribution in [2.24, 2.45) is 0 Å². The van der Waals surface area contributed by atoms with Crippen LogP contribution in [0.15, 0.2) is 42.6 Å². The fraction of sp³-hybridized carbons (Fsp3) is 0.167. The van der Waals surface area contributed by atoms with Crippen LogP contribution in [0.2, 0.25) is 10.0 Å². The lowest BCUT2D eigenvalue weighted by Crippen LogP contribution is -2.12. The lowest BCUT2D eigenvalue weighted by atomic mass is 10.1. The molecule has 0 aliphatic carbocycles. The molecule has 1 aromatic heterocycles. The van der Waals surface area contributed by atoms with Gasteiger partial charge in [-0.2, -0.15) is 5.10 Å². The monoisotopic (exact) mass is 375 g/mol. The summed E-state index contributed by atoms with van der Waals surface area (Å²) >= 11 is 12.3. The third kappa shape index (κ3) is 3.44. The third-order valence-corrected chi connectivity index (χ3v) is 4.55. The first-order valence-electron chi connectivity index (χ1n) is 7.77. The SMILES string of the molecule is Clc1ccc(-c2[nH]ncc2CNCc2ccc3c(c2)OCO3)c(Cl)c1. The van der Waals surface area contributed by atoms with E-state index in [1.54, 1.807) is 12.3 Å². The lowest BCUT2D eigenvalue weighted by Gasteiger charge is -2.08. The minimum Gasteiger partial charge on any atom is -0.454 e. The molecule has 0 spiro atoms. The summed E-state index contributed by atoms with van der Waals surface area (Å²) in [6.45, 7) is 1.64. The molecular formula is C18H15Cl2N3O2. The topological polar surface area (TPSA) is 59.2 Å². The molecule has 0 fully saturated rings. The van der Waals surface area contributed by atoms with Gasteiger partial charge in [0.15, 0.2) is 11.5 Å². The summed E-state index contributed by atoms with van der Waals surface area (Å²) in [5.41, 5.74) is 3.92. The molecule has 0 unspecified atom stereocenters. The Kier molecular flexibility index (Phi) is 4.53. The summed E-state index contributed by atoms with van der Waals surface area (Å²) in [5.74, 6) is 1.58. The zero-order valence-corrected chi connectivity index (χ0v) is 14.7. The number of rotatable bonds is 5. The molecule has 25 heavy (non-hydrogen) atoms. The van der Waals surface area contributed by atoms with Crippen LogP contribution in [0.25, 0.3) is 11.3 Å². The first-order valence-corrected chi connectivity index (χ1v) is 8.53. The summed E-state index contributed by atoms with van der Waals surface area (Å²) in [7, 11) is 0. The first-order chi connectivity index (χ1) is 12.2. The number of ether oxygens (including phenoxy) is 2. The second-order valence-corrected chi connectivity index (χ2v) is 6.53. The molecule has 0 atom stereocenters. The predicted molar refractivity (Wildman–Crippen MR) is 97.2 cm³/mol. The molecule has 0 radical (unpaired) electrons. The average molecular weight is 376 g/mol. The summed E-state index contributed by atoms with van der Waals surface area (Å²) < 4.78 is 10.7. The molecular weight excluding hydrogens is 361 g/mol. The number of halogens is 2. The van der Waals surface area contributed by atoms with Crippen LogP contribution in [0, 0.1) is 0 Å². The van der Waals surface area contributed by atoms with Crippen LogP contribution in [-0.2, 0) is 13.1 Å². The van der Waals surface area contributed by atoms with Crippen LogP contribution in [-0.4, -0.2) is 17.0 Å². The molecule has 1 aliphatic heterocycles. The van der Waals surface area contributed by atoms with Crippen LogP contribution in [0.1, 0.15) is 11.1 Å². The number of aromatic nitrogens is 2. The van der Waals surface area contributed by atoms with Gasteiger partial charge in [0.1, 0.15) is 0 Å². The van der Waals surface area contributed by atoms with E-state index in [9.17, 15) is 0 Å². The molecule has 2 aromatic carbocycles. The Balaban J connectivity index is 1.45. The van der Waals surface area contributed by atoms with E-state index in [0.29, 0.717) is 23.1 Å². The zero-order chi connectivity index (χ0) is 17.2. The smallest absolute Gasteiger partial charge is 0.231 e. The van der Waals surface area contributed by atoms with E-state index in [4.69, 9.17) is 32.7 Å². The summed E-state index contributed by atoms with van der Waals surface area (Å²) in [6, 6.07) is 11.4. The van der Waals surface area contributed by atoms with Gasteiger partial charge in [0.2, 0.25) is 6.79 Å².